The van der Waals surface area contributed by atoms with Crippen LogP contribution in [0.5, 0.6) is 0 Å². The van der Waals surface area contributed by atoms with Crippen LogP contribution in [0, 0.1) is 0 Å². The fraction of sp³-hybridized carbons (Fsp3) is 0.600. The minimum absolute atomic E-state index is 0.0729. The van der Waals surface area contributed by atoms with Crippen molar-refractivity contribution in [3.05, 3.63) is 40.9 Å². The molecule has 0 spiro atoms. The van der Waals surface area contributed by atoms with Crippen molar-refractivity contribution in [1.82, 2.24) is 9.55 Å². The molecule has 1 saturated heterocycles. The zero-order valence-corrected chi connectivity index (χ0v) is 18.1. The second-order valence-corrected chi connectivity index (χ2v) is 13.5. The van der Waals surface area contributed by atoms with E-state index in [1.165, 1.54) is 0 Å². The van der Waals surface area contributed by atoms with E-state index >= 15 is 0 Å². The lowest BCUT2D eigenvalue weighted by atomic mass is 10.2. The molecule has 1 fully saturated rings. The van der Waals surface area contributed by atoms with Crippen molar-refractivity contribution < 1.29 is 13.9 Å². The number of nitrogens with zero attached hydrogens (tertiary/aromatic N) is 2. The molecule has 0 bridgehead atoms. The molecule has 2 unspecified atom stereocenters. The van der Waals surface area contributed by atoms with Gasteiger partial charge in [-0.1, -0.05) is 32.9 Å². The summed E-state index contributed by atoms with van der Waals surface area (Å²) in [4.78, 5) is 17.5. The van der Waals surface area contributed by atoms with Gasteiger partial charge in [0.25, 0.3) is 5.56 Å². The average molecular weight is 391 g/mol. The van der Waals surface area contributed by atoms with E-state index in [1.807, 2.05) is 18.2 Å². The molecule has 27 heavy (non-hydrogen) atoms. The van der Waals surface area contributed by atoms with Crippen LogP contribution in [0.15, 0.2) is 35.4 Å². The molecular formula is C20H30N2O4Si. The first-order chi connectivity index (χ1) is 12.6. The summed E-state index contributed by atoms with van der Waals surface area (Å²) in [6.45, 7) is 11.5. The second-order valence-electron chi connectivity index (χ2n) is 8.73. The molecule has 3 rings (SSSR count). The highest BCUT2D eigenvalue weighted by Crippen LogP contribution is 2.41. The summed E-state index contributed by atoms with van der Waals surface area (Å²) in [7, 11) is -0.368. The fourth-order valence-electron chi connectivity index (χ4n) is 3.18. The van der Waals surface area contributed by atoms with E-state index in [9.17, 15) is 4.79 Å². The molecule has 0 aliphatic carbocycles. The smallest absolute Gasteiger partial charge is 0.263 e. The highest BCUT2D eigenvalue weighted by atomic mass is 28.4. The van der Waals surface area contributed by atoms with Crippen LogP contribution in [0.4, 0.5) is 0 Å². The Morgan fingerprint density at radius 1 is 1.30 bits per heavy atom. The molecule has 0 saturated carbocycles. The molecule has 2 aromatic rings. The van der Waals surface area contributed by atoms with Gasteiger partial charge in [-0.15, -0.1) is 0 Å². The van der Waals surface area contributed by atoms with E-state index < -0.39 is 14.5 Å². The number of para-hydroxylation sites is 1. The Morgan fingerprint density at radius 2 is 2.00 bits per heavy atom. The van der Waals surface area contributed by atoms with Crippen LogP contribution in [-0.2, 0) is 13.9 Å². The molecule has 6 nitrogen and oxygen atoms in total. The van der Waals surface area contributed by atoms with Gasteiger partial charge in [0.15, 0.2) is 14.5 Å². The first kappa shape index (κ1) is 20.2. The number of hydrogen-bond donors (Lipinski definition) is 0. The maximum Gasteiger partial charge on any atom is 0.263 e. The van der Waals surface area contributed by atoms with Crippen LogP contribution < -0.4 is 5.56 Å². The molecule has 148 valence electrons. The number of rotatable bonds is 5. The molecule has 7 heteroatoms. The second kappa shape index (κ2) is 7.47. The monoisotopic (exact) mass is 390 g/mol. The number of aromatic nitrogens is 2. The zero-order chi connectivity index (χ0) is 19.8. The third kappa shape index (κ3) is 4.01. The molecule has 1 aliphatic rings. The average Bonchev–Trinajstić information content (AvgIpc) is 2.96. The van der Waals surface area contributed by atoms with E-state index in [1.54, 1.807) is 24.1 Å². The number of ether oxygens (including phenoxy) is 2. The SMILES string of the molecule is COCC1CC(O[Si](C)(C)C(C)(C)C)[C@H](n2cnc3ccccc3c2=O)O1. The Balaban J connectivity index is 1.98. The molecule has 0 amide bonds. The molecule has 1 aromatic carbocycles. The highest BCUT2D eigenvalue weighted by molar-refractivity contribution is 6.74. The Hall–Kier alpha value is -1.54. The van der Waals surface area contributed by atoms with Gasteiger partial charge in [-0.25, -0.2) is 4.98 Å². The van der Waals surface area contributed by atoms with Crippen LogP contribution in [-0.4, -0.2) is 43.8 Å². The van der Waals surface area contributed by atoms with Crippen LogP contribution in [0.25, 0.3) is 10.9 Å². The zero-order valence-electron chi connectivity index (χ0n) is 17.1. The summed E-state index contributed by atoms with van der Waals surface area (Å²) in [6, 6.07) is 7.37. The summed E-state index contributed by atoms with van der Waals surface area (Å²) >= 11 is 0. The van der Waals surface area contributed by atoms with Crippen molar-refractivity contribution >= 4 is 19.2 Å². The number of methoxy groups -OCH3 is 1. The minimum atomic E-state index is -2.02. The first-order valence-electron chi connectivity index (χ1n) is 9.42. The van der Waals surface area contributed by atoms with Crippen LogP contribution in [0.3, 0.4) is 0 Å². The molecule has 1 aromatic heterocycles. The summed E-state index contributed by atoms with van der Waals surface area (Å²) < 4.78 is 19.7. The summed E-state index contributed by atoms with van der Waals surface area (Å²) in [5.74, 6) is 0. The maximum atomic E-state index is 13.1. The molecular weight excluding hydrogens is 360 g/mol. The minimum Gasteiger partial charge on any atom is -0.409 e. The molecule has 3 atom stereocenters. The standard InChI is InChI=1S/C20H30N2O4Si/c1-20(2,3)27(5,6)26-17-11-14(12-24-4)25-19(17)22-13-21-16-10-8-7-9-15(16)18(22)23/h7-10,13-14,17,19H,11-12H2,1-6H3/t14?,17?,19-/m1/s1. The predicted molar refractivity (Wildman–Crippen MR) is 108 cm³/mol. The number of hydrogen-bond acceptors (Lipinski definition) is 5. The van der Waals surface area contributed by atoms with Gasteiger partial charge in [0.1, 0.15) is 6.33 Å². The molecule has 1 aliphatic heterocycles. The molecule has 2 heterocycles. The van der Waals surface area contributed by atoms with Crippen molar-refractivity contribution in [2.45, 2.75) is 63.8 Å². The summed E-state index contributed by atoms with van der Waals surface area (Å²) in [5, 5.41) is 0.661. The van der Waals surface area contributed by atoms with E-state index in [0.29, 0.717) is 23.9 Å². The van der Waals surface area contributed by atoms with Crippen molar-refractivity contribution in [3.8, 4) is 0 Å². The van der Waals surface area contributed by atoms with E-state index in [2.05, 4.69) is 38.8 Å². The summed E-state index contributed by atoms with van der Waals surface area (Å²) in [6.07, 6.45) is 1.47. The van der Waals surface area contributed by atoms with Crippen LogP contribution in [0.1, 0.15) is 33.4 Å². The maximum absolute atomic E-state index is 13.1. The van der Waals surface area contributed by atoms with Crippen molar-refractivity contribution in [2.75, 3.05) is 13.7 Å². The Bertz CT molecular complexity index is 859. The topological polar surface area (TPSA) is 62.6 Å². The largest absolute Gasteiger partial charge is 0.409 e. The van der Waals surface area contributed by atoms with Gasteiger partial charge in [-0.2, -0.15) is 0 Å². The van der Waals surface area contributed by atoms with Crippen LogP contribution in [0.2, 0.25) is 18.1 Å². The van der Waals surface area contributed by atoms with Crippen molar-refractivity contribution in [3.63, 3.8) is 0 Å². The predicted octanol–water partition coefficient (Wildman–Crippen LogP) is 3.72. The van der Waals surface area contributed by atoms with Gasteiger partial charge in [0.2, 0.25) is 0 Å². The lowest BCUT2D eigenvalue weighted by Gasteiger charge is -2.39. The third-order valence-corrected chi connectivity index (χ3v) is 10.2. The summed E-state index contributed by atoms with van der Waals surface area (Å²) in [5.41, 5.74) is 0.583. The third-order valence-electron chi connectivity index (χ3n) is 5.71. The van der Waals surface area contributed by atoms with E-state index in [4.69, 9.17) is 13.9 Å². The van der Waals surface area contributed by atoms with Gasteiger partial charge < -0.3 is 13.9 Å². The van der Waals surface area contributed by atoms with Gasteiger partial charge in [-0.05, 0) is 30.3 Å². The Morgan fingerprint density at radius 3 is 2.67 bits per heavy atom. The van der Waals surface area contributed by atoms with E-state index in [0.717, 1.165) is 0 Å². The van der Waals surface area contributed by atoms with Crippen molar-refractivity contribution in [1.29, 1.82) is 0 Å². The van der Waals surface area contributed by atoms with Gasteiger partial charge in [0, 0.05) is 13.5 Å². The fourth-order valence-corrected chi connectivity index (χ4v) is 4.50. The number of benzene rings is 1. The first-order valence-corrected chi connectivity index (χ1v) is 12.3. The molecule has 0 N–H and O–H groups in total. The van der Waals surface area contributed by atoms with Crippen LogP contribution >= 0.6 is 0 Å². The lowest BCUT2D eigenvalue weighted by molar-refractivity contribution is -0.0553. The van der Waals surface area contributed by atoms with Crippen molar-refractivity contribution in [2.24, 2.45) is 0 Å². The highest BCUT2D eigenvalue weighted by Gasteiger charge is 2.45. The number of fused-ring (bicyclic) bond motifs is 1. The lowest BCUT2D eigenvalue weighted by Crippen LogP contribution is -2.46. The quantitative estimate of drug-likeness (QED) is 0.728. The normalized spacial score (nSPS) is 23.9. The van der Waals surface area contributed by atoms with E-state index in [-0.39, 0.29) is 22.8 Å². The Labute approximate surface area is 161 Å². The van der Waals surface area contributed by atoms with Gasteiger partial charge in [0.05, 0.1) is 29.7 Å². The van der Waals surface area contributed by atoms with Gasteiger partial charge >= 0.3 is 0 Å². The molecule has 0 radical (unpaired) electrons. The Kier molecular flexibility index (Phi) is 5.58. The van der Waals surface area contributed by atoms with Gasteiger partial charge in [-0.3, -0.25) is 9.36 Å².